The molecule has 0 saturated carbocycles. The standard InChI is InChI=1S/C5H11NO3S/c1-9-5-3-10(7,8)2-4(5)6/h4-5H,2-3,6H2,1H3. The first-order valence-corrected chi connectivity index (χ1v) is 4.86. The summed E-state index contributed by atoms with van der Waals surface area (Å²) in [6, 6.07) is -0.338. The lowest BCUT2D eigenvalue weighted by atomic mass is 10.2. The summed E-state index contributed by atoms with van der Waals surface area (Å²) < 4.78 is 26.6. The van der Waals surface area contributed by atoms with E-state index in [0.717, 1.165) is 0 Å². The lowest BCUT2D eigenvalue weighted by molar-refractivity contribution is 0.110. The maximum Gasteiger partial charge on any atom is 0.154 e. The van der Waals surface area contributed by atoms with Crippen LogP contribution in [0.25, 0.3) is 0 Å². The van der Waals surface area contributed by atoms with Gasteiger partial charge in [0, 0.05) is 13.2 Å². The largest absolute Gasteiger partial charge is 0.379 e. The fourth-order valence-corrected chi connectivity index (χ4v) is 2.91. The lowest BCUT2D eigenvalue weighted by Crippen LogP contribution is -2.34. The van der Waals surface area contributed by atoms with Gasteiger partial charge in [-0.1, -0.05) is 0 Å². The van der Waals surface area contributed by atoms with Crippen molar-refractivity contribution in [2.24, 2.45) is 5.73 Å². The van der Waals surface area contributed by atoms with Crippen molar-refractivity contribution in [1.82, 2.24) is 0 Å². The zero-order valence-corrected chi connectivity index (χ0v) is 6.60. The van der Waals surface area contributed by atoms with Crippen LogP contribution in [-0.2, 0) is 14.6 Å². The Morgan fingerprint density at radius 2 is 2.10 bits per heavy atom. The van der Waals surface area contributed by atoms with Crippen molar-refractivity contribution in [3.63, 3.8) is 0 Å². The molecule has 2 unspecified atom stereocenters. The molecule has 0 amide bonds. The fourth-order valence-electron chi connectivity index (χ4n) is 1.09. The van der Waals surface area contributed by atoms with Crippen LogP contribution < -0.4 is 5.73 Å². The molecule has 0 aromatic heterocycles. The van der Waals surface area contributed by atoms with Gasteiger partial charge in [-0.2, -0.15) is 0 Å². The summed E-state index contributed by atoms with van der Waals surface area (Å²) >= 11 is 0. The summed E-state index contributed by atoms with van der Waals surface area (Å²) in [6.07, 6.45) is -0.301. The minimum Gasteiger partial charge on any atom is -0.379 e. The Balaban J connectivity index is 2.71. The van der Waals surface area contributed by atoms with Gasteiger partial charge in [-0.05, 0) is 0 Å². The third-order valence-electron chi connectivity index (χ3n) is 1.64. The first-order valence-electron chi connectivity index (χ1n) is 3.04. The Morgan fingerprint density at radius 3 is 2.30 bits per heavy atom. The second kappa shape index (κ2) is 2.48. The van der Waals surface area contributed by atoms with Gasteiger partial charge in [-0.15, -0.1) is 0 Å². The maximum atomic E-state index is 10.9. The van der Waals surface area contributed by atoms with Crippen molar-refractivity contribution in [2.75, 3.05) is 18.6 Å². The highest BCUT2D eigenvalue weighted by Gasteiger charge is 2.34. The molecule has 0 aromatic rings. The van der Waals surface area contributed by atoms with Crippen molar-refractivity contribution in [2.45, 2.75) is 12.1 Å². The molecule has 1 fully saturated rings. The average molecular weight is 165 g/mol. The summed E-state index contributed by atoms with van der Waals surface area (Å²) in [5, 5.41) is 0. The Bertz CT molecular complexity index is 211. The molecule has 60 valence electrons. The van der Waals surface area contributed by atoms with Crippen LogP contribution in [0.5, 0.6) is 0 Å². The molecule has 0 radical (unpaired) electrons. The smallest absolute Gasteiger partial charge is 0.154 e. The van der Waals surface area contributed by atoms with E-state index in [1.165, 1.54) is 7.11 Å². The van der Waals surface area contributed by atoms with Crippen LogP contribution in [0.4, 0.5) is 0 Å². The second-order valence-electron chi connectivity index (χ2n) is 2.51. The summed E-state index contributed by atoms with van der Waals surface area (Å²) in [5.41, 5.74) is 5.46. The summed E-state index contributed by atoms with van der Waals surface area (Å²) in [6.45, 7) is 0. The normalized spacial score (nSPS) is 38.2. The lowest BCUT2D eigenvalue weighted by Gasteiger charge is -2.09. The van der Waals surface area contributed by atoms with E-state index in [-0.39, 0.29) is 23.7 Å². The van der Waals surface area contributed by atoms with E-state index in [1.54, 1.807) is 0 Å². The van der Waals surface area contributed by atoms with Gasteiger partial charge in [-0.25, -0.2) is 8.42 Å². The van der Waals surface area contributed by atoms with Crippen molar-refractivity contribution in [1.29, 1.82) is 0 Å². The zero-order chi connectivity index (χ0) is 7.78. The van der Waals surface area contributed by atoms with Crippen LogP contribution in [0.2, 0.25) is 0 Å². The van der Waals surface area contributed by atoms with Crippen LogP contribution in [0.1, 0.15) is 0 Å². The van der Waals surface area contributed by atoms with E-state index in [2.05, 4.69) is 0 Å². The molecule has 2 N–H and O–H groups in total. The van der Waals surface area contributed by atoms with Crippen molar-refractivity contribution in [3.8, 4) is 0 Å². The molecule has 1 aliphatic heterocycles. The Morgan fingerprint density at radius 1 is 1.50 bits per heavy atom. The highest BCUT2D eigenvalue weighted by molar-refractivity contribution is 7.91. The maximum absolute atomic E-state index is 10.9. The molecule has 0 bridgehead atoms. The number of sulfone groups is 1. The Kier molecular flexibility index (Phi) is 1.98. The molecule has 0 aromatic carbocycles. The molecule has 1 rings (SSSR count). The van der Waals surface area contributed by atoms with Gasteiger partial charge in [0.05, 0.1) is 17.6 Å². The van der Waals surface area contributed by atoms with Crippen molar-refractivity contribution < 1.29 is 13.2 Å². The van der Waals surface area contributed by atoms with E-state index in [1.807, 2.05) is 0 Å². The van der Waals surface area contributed by atoms with E-state index in [4.69, 9.17) is 10.5 Å². The van der Waals surface area contributed by atoms with E-state index in [9.17, 15) is 8.42 Å². The van der Waals surface area contributed by atoms with Crippen LogP contribution >= 0.6 is 0 Å². The number of rotatable bonds is 1. The number of nitrogens with two attached hydrogens (primary N) is 1. The molecule has 1 saturated heterocycles. The third-order valence-corrected chi connectivity index (χ3v) is 3.37. The number of methoxy groups -OCH3 is 1. The number of hydrogen-bond donors (Lipinski definition) is 1. The van der Waals surface area contributed by atoms with Gasteiger partial charge in [0.1, 0.15) is 0 Å². The molecule has 10 heavy (non-hydrogen) atoms. The van der Waals surface area contributed by atoms with Crippen LogP contribution in [0.3, 0.4) is 0 Å². The topological polar surface area (TPSA) is 69.4 Å². The van der Waals surface area contributed by atoms with Gasteiger partial charge in [-0.3, -0.25) is 0 Å². The average Bonchev–Trinajstić information content (AvgIpc) is 2.05. The predicted molar refractivity (Wildman–Crippen MR) is 37.4 cm³/mol. The highest BCUT2D eigenvalue weighted by Crippen LogP contribution is 2.12. The molecule has 0 aliphatic carbocycles. The zero-order valence-electron chi connectivity index (χ0n) is 5.78. The van der Waals surface area contributed by atoms with Gasteiger partial charge in [0.25, 0.3) is 0 Å². The van der Waals surface area contributed by atoms with Crippen LogP contribution in [-0.4, -0.2) is 39.2 Å². The van der Waals surface area contributed by atoms with E-state index in [0.29, 0.717) is 0 Å². The molecule has 0 spiro atoms. The molecular formula is C5H11NO3S. The highest BCUT2D eigenvalue weighted by atomic mass is 32.2. The predicted octanol–water partition coefficient (Wildman–Crippen LogP) is -1.24. The molecule has 5 heteroatoms. The van der Waals surface area contributed by atoms with Crippen LogP contribution in [0, 0.1) is 0 Å². The Hall–Kier alpha value is -0.130. The summed E-state index contributed by atoms with van der Waals surface area (Å²) in [4.78, 5) is 0. The number of ether oxygens (including phenoxy) is 1. The SMILES string of the molecule is COC1CS(=O)(=O)CC1N. The minimum atomic E-state index is -2.91. The first kappa shape index (κ1) is 7.97. The van der Waals surface area contributed by atoms with Gasteiger partial charge in [0.15, 0.2) is 9.84 Å². The van der Waals surface area contributed by atoms with Crippen molar-refractivity contribution in [3.05, 3.63) is 0 Å². The number of hydrogen-bond acceptors (Lipinski definition) is 4. The second-order valence-corrected chi connectivity index (χ2v) is 4.67. The van der Waals surface area contributed by atoms with Crippen molar-refractivity contribution >= 4 is 9.84 Å². The quantitative estimate of drug-likeness (QED) is 0.527. The summed E-state index contributed by atoms with van der Waals surface area (Å²) in [5.74, 6) is 0.135. The van der Waals surface area contributed by atoms with Gasteiger partial charge in [0.2, 0.25) is 0 Å². The minimum absolute atomic E-state index is 0.0610. The van der Waals surface area contributed by atoms with E-state index < -0.39 is 9.84 Å². The van der Waals surface area contributed by atoms with Gasteiger partial charge >= 0.3 is 0 Å². The molecule has 1 aliphatic rings. The van der Waals surface area contributed by atoms with Crippen LogP contribution in [0.15, 0.2) is 0 Å². The third kappa shape index (κ3) is 1.47. The molecule has 2 atom stereocenters. The Labute approximate surface area is 60.3 Å². The molecular weight excluding hydrogens is 154 g/mol. The van der Waals surface area contributed by atoms with Gasteiger partial charge < -0.3 is 10.5 Å². The summed E-state index contributed by atoms with van der Waals surface area (Å²) in [7, 11) is -1.43. The monoisotopic (exact) mass is 165 g/mol. The molecule has 4 nitrogen and oxygen atoms in total. The molecule has 1 heterocycles. The first-order chi connectivity index (χ1) is 4.55. The fraction of sp³-hybridized carbons (Fsp3) is 1.00. The van der Waals surface area contributed by atoms with E-state index >= 15 is 0 Å².